The summed E-state index contributed by atoms with van der Waals surface area (Å²) in [5.74, 6) is 1.29. The Morgan fingerprint density at radius 3 is 2.53 bits per heavy atom. The van der Waals surface area contributed by atoms with E-state index in [0.29, 0.717) is 51.5 Å². The summed E-state index contributed by atoms with van der Waals surface area (Å²) in [7, 11) is 1.56. The van der Waals surface area contributed by atoms with Gasteiger partial charge < -0.3 is 14.6 Å². The number of aromatic nitrogens is 5. The number of rotatable bonds is 7. The number of aliphatic hydroxyl groups is 1. The Hall–Kier alpha value is -4.11. The third-order valence-electron chi connectivity index (χ3n) is 5.73. The van der Waals surface area contributed by atoms with Crippen LogP contribution in [-0.4, -0.2) is 36.7 Å². The van der Waals surface area contributed by atoms with E-state index in [1.54, 1.807) is 57.0 Å². The number of hydrogen-bond donors (Lipinski definition) is 1. The van der Waals surface area contributed by atoms with Gasteiger partial charge >= 0.3 is 0 Å². The molecule has 0 atom stereocenters. The van der Waals surface area contributed by atoms with Crippen molar-refractivity contribution in [3.63, 3.8) is 0 Å². The van der Waals surface area contributed by atoms with Crippen molar-refractivity contribution in [2.75, 3.05) is 7.11 Å². The van der Waals surface area contributed by atoms with Gasteiger partial charge in [-0.25, -0.2) is 15.0 Å². The molecule has 4 heterocycles. The molecular formula is C27H29N5O4. The largest absolute Gasteiger partial charge is 0.487 e. The van der Waals surface area contributed by atoms with E-state index in [-0.39, 0.29) is 12.2 Å². The second-order valence-electron chi connectivity index (χ2n) is 9.06. The molecule has 0 amide bonds. The van der Waals surface area contributed by atoms with Crippen LogP contribution in [0, 0.1) is 20.8 Å². The number of pyridine rings is 3. The van der Waals surface area contributed by atoms with Gasteiger partial charge in [-0.15, -0.1) is 0 Å². The number of aryl methyl sites for hydroxylation is 2. The fourth-order valence-electron chi connectivity index (χ4n) is 3.74. The average molecular weight is 488 g/mol. The molecule has 0 unspecified atom stereocenters. The minimum absolute atomic E-state index is 0.191. The summed E-state index contributed by atoms with van der Waals surface area (Å²) in [4.78, 5) is 31.0. The topological polar surface area (TPSA) is 112 Å². The highest BCUT2D eigenvalue weighted by atomic mass is 16.5. The Morgan fingerprint density at radius 1 is 1.03 bits per heavy atom. The molecule has 0 aliphatic heterocycles. The first-order valence-electron chi connectivity index (χ1n) is 11.5. The van der Waals surface area contributed by atoms with Crippen LogP contribution in [0.4, 0.5) is 0 Å². The Kier molecular flexibility index (Phi) is 6.85. The van der Waals surface area contributed by atoms with E-state index in [4.69, 9.17) is 9.47 Å². The molecule has 1 N–H and O–H groups in total. The summed E-state index contributed by atoms with van der Waals surface area (Å²) in [5.41, 5.74) is 3.14. The molecule has 4 rings (SSSR count). The van der Waals surface area contributed by atoms with Crippen molar-refractivity contribution in [1.82, 2.24) is 24.5 Å². The molecule has 36 heavy (non-hydrogen) atoms. The highest BCUT2D eigenvalue weighted by molar-refractivity contribution is 5.59. The minimum Gasteiger partial charge on any atom is -0.487 e. The second kappa shape index (κ2) is 9.87. The van der Waals surface area contributed by atoms with Crippen LogP contribution in [0.1, 0.15) is 42.2 Å². The van der Waals surface area contributed by atoms with Crippen LogP contribution < -0.4 is 15.0 Å². The van der Waals surface area contributed by atoms with E-state index in [1.165, 1.54) is 0 Å². The normalized spacial score (nSPS) is 11.4. The van der Waals surface area contributed by atoms with Crippen LogP contribution in [0.2, 0.25) is 0 Å². The van der Waals surface area contributed by atoms with Crippen molar-refractivity contribution in [1.29, 1.82) is 0 Å². The van der Waals surface area contributed by atoms with Gasteiger partial charge in [0.2, 0.25) is 5.88 Å². The van der Waals surface area contributed by atoms with Crippen LogP contribution in [0.25, 0.3) is 17.1 Å². The van der Waals surface area contributed by atoms with Gasteiger partial charge in [-0.2, -0.15) is 0 Å². The lowest BCUT2D eigenvalue weighted by atomic mass is 10.1. The van der Waals surface area contributed by atoms with Gasteiger partial charge in [0, 0.05) is 30.2 Å². The predicted octanol–water partition coefficient (Wildman–Crippen LogP) is 3.82. The summed E-state index contributed by atoms with van der Waals surface area (Å²) < 4.78 is 12.8. The van der Waals surface area contributed by atoms with E-state index in [2.05, 4.69) is 19.9 Å². The van der Waals surface area contributed by atoms with Crippen LogP contribution in [0.5, 0.6) is 11.6 Å². The average Bonchev–Trinajstić information content (AvgIpc) is 2.86. The predicted molar refractivity (Wildman–Crippen MR) is 135 cm³/mol. The Bertz CT molecular complexity index is 1470. The maximum atomic E-state index is 13.5. The Labute approximate surface area is 209 Å². The molecule has 4 aromatic heterocycles. The van der Waals surface area contributed by atoms with Crippen LogP contribution in [0.15, 0.2) is 53.6 Å². The molecule has 0 aromatic carbocycles. The van der Waals surface area contributed by atoms with E-state index in [1.807, 2.05) is 38.1 Å². The van der Waals surface area contributed by atoms with Gasteiger partial charge in [-0.1, -0.05) is 6.07 Å². The molecule has 0 aliphatic carbocycles. The molecule has 9 heteroatoms. The fraction of sp³-hybridized carbons (Fsp3) is 0.296. The summed E-state index contributed by atoms with van der Waals surface area (Å²) in [6.07, 6.45) is 3.29. The first kappa shape index (κ1) is 25.0. The summed E-state index contributed by atoms with van der Waals surface area (Å²) in [6.45, 7) is 8.95. The monoisotopic (exact) mass is 487 g/mol. The summed E-state index contributed by atoms with van der Waals surface area (Å²) in [6, 6.07) is 10.8. The van der Waals surface area contributed by atoms with Crippen molar-refractivity contribution in [3.05, 3.63) is 87.5 Å². The highest BCUT2D eigenvalue weighted by Crippen LogP contribution is 2.25. The van der Waals surface area contributed by atoms with Crippen molar-refractivity contribution < 1.29 is 14.6 Å². The van der Waals surface area contributed by atoms with Gasteiger partial charge in [-0.3, -0.25) is 14.3 Å². The maximum Gasteiger partial charge on any atom is 0.261 e. The third kappa shape index (κ3) is 5.11. The molecule has 186 valence electrons. The zero-order valence-electron chi connectivity index (χ0n) is 21.2. The van der Waals surface area contributed by atoms with Crippen molar-refractivity contribution in [2.24, 2.45) is 0 Å². The van der Waals surface area contributed by atoms with Crippen molar-refractivity contribution in [2.45, 2.75) is 46.8 Å². The summed E-state index contributed by atoms with van der Waals surface area (Å²) >= 11 is 0. The molecule has 0 saturated carbocycles. The minimum atomic E-state index is -1.19. The molecule has 0 fully saturated rings. The summed E-state index contributed by atoms with van der Waals surface area (Å²) in [5, 5.41) is 10.3. The number of ether oxygens (including phenoxy) is 2. The maximum absolute atomic E-state index is 13.5. The number of methoxy groups -OCH3 is 1. The van der Waals surface area contributed by atoms with Crippen LogP contribution in [-0.2, 0) is 12.2 Å². The van der Waals surface area contributed by atoms with E-state index in [0.717, 1.165) is 5.56 Å². The quantitative estimate of drug-likeness (QED) is 0.419. The number of nitrogens with zero attached hydrogens (tertiary/aromatic N) is 5. The zero-order chi connectivity index (χ0) is 26.0. The van der Waals surface area contributed by atoms with Crippen molar-refractivity contribution in [3.8, 4) is 28.7 Å². The molecule has 0 spiro atoms. The second-order valence-corrected chi connectivity index (χ2v) is 9.06. The van der Waals surface area contributed by atoms with Gasteiger partial charge in [0.15, 0.2) is 5.82 Å². The van der Waals surface area contributed by atoms with E-state index >= 15 is 0 Å². The fourth-order valence-corrected chi connectivity index (χ4v) is 3.74. The van der Waals surface area contributed by atoms with Crippen LogP contribution in [0.3, 0.4) is 0 Å². The zero-order valence-corrected chi connectivity index (χ0v) is 21.2. The van der Waals surface area contributed by atoms with Gasteiger partial charge in [0.05, 0.1) is 35.4 Å². The van der Waals surface area contributed by atoms with Crippen LogP contribution >= 0.6 is 0 Å². The molecule has 0 radical (unpaired) electrons. The molecule has 0 aliphatic rings. The molecule has 4 aromatic rings. The van der Waals surface area contributed by atoms with E-state index in [9.17, 15) is 9.90 Å². The first-order valence-corrected chi connectivity index (χ1v) is 11.5. The SMILES string of the molecule is COc1cccc(COc2cc(C)n(-c3cc(-c4ccnc(C(C)(C)O)n4)ncc3C)c(=O)c2C)n1. The first-order chi connectivity index (χ1) is 17.1. The molecule has 9 nitrogen and oxygen atoms in total. The van der Waals surface area contributed by atoms with E-state index < -0.39 is 5.60 Å². The van der Waals surface area contributed by atoms with Gasteiger partial charge in [0.25, 0.3) is 5.56 Å². The lowest BCUT2D eigenvalue weighted by Gasteiger charge is -2.18. The smallest absolute Gasteiger partial charge is 0.261 e. The Morgan fingerprint density at radius 2 is 1.81 bits per heavy atom. The van der Waals surface area contributed by atoms with Crippen molar-refractivity contribution >= 4 is 0 Å². The van der Waals surface area contributed by atoms with Gasteiger partial charge in [0.1, 0.15) is 18.0 Å². The third-order valence-corrected chi connectivity index (χ3v) is 5.73. The lowest BCUT2D eigenvalue weighted by Crippen LogP contribution is -2.24. The molecule has 0 bridgehead atoms. The molecule has 0 saturated heterocycles. The Balaban J connectivity index is 1.71. The van der Waals surface area contributed by atoms with Gasteiger partial charge in [-0.05, 0) is 58.4 Å². The molecular weight excluding hydrogens is 458 g/mol. The number of hydrogen-bond acceptors (Lipinski definition) is 8. The highest BCUT2D eigenvalue weighted by Gasteiger charge is 2.21. The lowest BCUT2D eigenvalue weighted by molar-refractivity contribution is 0.0688. The standard InChI is InChI=1S/C27H29N5O4/c1-16-14-29-21(20-10-11-28-26(31-20)27(4,5)34)13-22(16)32-17(2)12-23(18(3)25(32)33)36-15-19-8-7-9-24(30-19)35-6/h7-14,34H,15H2,1-6H3.